The molecule has 3 heteroatoms. The molecule has 0 spiro atoms. The van der Waals surface area contributed by atoms with Gasteiger partial charge in [0.15, 0.2) is 0 Å². The Morgan fingerprint density at radius 2 is 1.64 bits per heavy atom. The summed E-state index contributed by atoms with van der Waals surface area (Å²) in [4.78, 5) is 0. The van der Waals surface area contributed by atoms with Gasteiger partial charge in [0.25, 0.3) is 8.32 Å². The highest BCUT2D eigenvalue weighted by atomic mass is 28.4. The maximum atomic E-state index is 9.86. The first-order valence-corrected chi connectivity index (χ1v) is 16.1. The van der Waals surface area contributed by atoms with Crippen LogP contribution in [0.25, 0.3) is 0 Å². The number of benzene rings is 1. The fourth-order valence-electron chi connectivity index (χ4n) is 9.28. The Hall–Kier alpha value is -0.803. The summed E-state index contributed by atoms with van der Waals surface area (Å²) in [5, 5.41) is 9.86. The van der Waals surface area contributed by atoms with Crippen LogP contribution in [0, 0.1) is 29.1 Å². The molecule has 0 radical (unpaired) electrons. The third-order valence-corrected chi connectivity index (χ3v) is 16.8. The Bertz CT molecular complexity index is 809. The lowest BCUT2D eigenvalue weighted by Crippen LogP contribution is -2.50. The van der Waals surface area contributed by atoms with Gasteiger partial charge >= 0.3 is 0 Å². The van der Waals surface area contributed by atoms with E-state index in [1.54, 1.807) is 11.1 Å². The van der Waals surface area contributed by atoms with Crippen LogP contribution in [0.3, 0.4) is 0 Å². The first-order chi connectivity index (χ1) is 15.6. The second-order valence-corrected chi connectivity index (χ2v) is 18.5. The van der Waals surface area contributed by atoms with Gasteiger partial charge < -0.3 is 9.53 Å². The molecule has 1 aromatic rings. The Balaban J connectivity index is 1.58. The van der Waals surface area contributed by atoms with Crippen LogP contribution < -0.4 is 4.43 Å². The van der Waals surface area contributed by atoms with Gasteiger partial charge in [0.1, 0.15) is 5.75 Å². The standard InChI is InChI=1S/C30H50O2Si/c1-19(2)33(20(3)4,21(5)6)32-24-10-12-25-23(17-24)9-11-27-26(25)15-16-30(8)28(22(7)18-31)13-14-29(27)30/h10,12,17,19-22,26-29,31H,9,11,13-16,18H2,1-8H3/t22-,26-,27-,28-,29+,30-/m1/s1. The van der Waals surface area contributed by atoms with Crippen molar-refractivity contribution in [2.45, 2.75) is 116 Å². The molecule has 0 bridgehead atoms. The summed E-state index contributed by atoms with van der Waals surface area (Å²) in [6.07, 6.45) is 7.88. The second kappa shape index (κ2) is 9.34. The minimum atomic E-state index is -1.92. The fraction of sp³-hybridized carbons (Fsp3) is 0.800. The van der Waals surface area contributed by atoms with Crippen molar-refractivity contribution in [1.82, 2.24) is 0 Å². The van der Waals surface area contributed by atoms with E-state index in [1.807, 2.05) is 0 Å². The third kappa shape index (κ3) is 4.03. The van der Waals surface area contributed by atoms with E-state index in [0.29, 0.717) is 40.5 Å². The van der Waals surface area contributed by atoms with Crippen molar-refractivity contribution < 1.29 is 9.53 Å². The van der Waals surface area contributed by atoms with Crippen LogP contribution in [-0.4, -0.2) is 20.0 Å². The first kappa shape index (κ1) is 25.3. The average molecular weight is 471 g/mol. The summed E-state index contributed by atoms with van der Waals surface area (Å²) in [5.41, 5.74) is 5.43. The summed E-state index contributed by atoms with van der Waals surface area (Å²) < 4.78 is 7.04. The van der Waals surface area contributed by atoms with E-state index < -0.39 is 8.32 Å². The SMILES string of the molecule is CC(C)[Si](Oc1ccc2c(c1)CC[C@@H]1[C@@H]2CC[C@]2(C)[C@@H]([C@H](C)CO)CC[C@@H]12)(C(C)C)C(C)C. The Morgan fingerprint density at radius 1 is 0.970 bits per heavy atom. The molecule has 1 N–H and O–H groups in total. The smallest absolute Gasteiger partial charge is 0.258 e. The maximum Gasteiger partial charge on any atom is 0.258 e. The van der Waals surface area contributed by atoms with Crippen molar-refractivity contribution in [3.8, 4) is 5.75 Å². The van der Waals surface area contributed by atoms with Crippen molar-refractivity contribution in [2.75, 3.05) is 6.61 Å². The van der Waals surface area contributed by atoms with Crippen molar-refractivity contribution in [3.05, 3.63) is 29.3 Å². The van der Waals surface area contributed by atoms with Crippen LogP contribution >= 0.6 is 0 Å². The maximum absolute atomic E-state index is 9.86. The van der Waals surface area contributed by atoms with Crippen molar-refractivity contribution >= 4 is 8.32 Å². The molecule has 0 unspecified atom stereocenters. The molecule has 0 aromatic heterocycles. The molecular weight excluding hydrogens is 420 g/mol. The van der Waals surface area contributed by atoms with Gasteiger partial charge in [0.05, 0.1) is 0 Å². The van der Waals surface area contributed by atoms with E-state index in [0.717, 1.165) is 23.5 Å². The molecule has 186 valence electrons. The van der Waals surface area contributed by atoms with Crippen LogP contribution in [0.2, 0.25) is 16.6 Å². The van der Waals surface area contributed by atoms with Crippen LogP contribution in [0.15, 0.2) is 18.2 Å². The van der Waals surface area contributed by atoms with Crippen LogP contribution in [-0.2, 0) is 6.42 Å². The summed E-state index contributed by atoms with van der Waals surface area (Å²) in [5.74, 6) is 4.67. The number of aliphatic hydroxyl groups is 1. The molecule has 6 atom stereocenters. The van der Waals surface area contributed by atoms with E-state index in [9.17, 15) is 5.11 Å². The van der Waals surface area contributed by atoms with Gasteiger partial charge in [-0.15, -0.1) is 0 Å². The predicted molar refractivity (Wildman–Crippen MR) is 142 cm³/mol. The van der Waals surface area contributed by atoms with Gasteiger partial charge in [-0.1, -0.05) is 61.5 Å². The van der Waals surface area contributed by atoms with Crippen LogP contribution in [0.5, 0.6) is 5.75 Å². The Labute approximate surface area is 205 Å². The van der Waals surface area contributed by atoms with Crippen molar-refractivity contribution in [1.29, 1.82) is 0 Å². The third-order valence-electron chi connectivity index (χ3n) is 10.7. The molecule has 3 aliphatic carbocycles. The number of aliphatic hydroxyl groups excluding tert-OH is 1. The van der Waals surface area contributed by atoms with Gasteiger partial charge in [0, 0.05) is 6.61 Å². The summed E-state index contributed by atoms with van der Waals surface area (Å²) in [6, 6.07) is 7.20. The van der Waals surface area contributed by atoms with Gasteiger partial charge in [-0.2, -0.15) is 0 Å². The van der Waals surface area contributed by atoms with E-state index >= 15 is 0 Å². The zero-order valence-electron chi connectivity index (χ0n) is 22.7. The van der Waals surface area contributed by atoms with E-state index in [1.165, 1.54) is 38.5 Å². The predicted octanol–water partition coefficient (Wildman–Crippen LogP) is 8.34. The quantitative estimate of drug-likeness (QED) is 0.406. The highest BCUT2D eigenvalue weighted by molar-refractivity contribution is 6.78. The topological polar surface area (TPSA) is 29.5 Å². The largest absolute Gasteiger partial charge is 0.543 e. The summed E-state index contributed by atoms with van der Waals surface area (Å²) >= 11 is 0. The number of hydrogen-bond donors (Lipinski definition) is 1. The highest BCUT2D eigenvalue weighted by Crippen LogP contribution is 2.64. The first-order valence-electron chi connectivity index (χ1n) is 14.0. The minimum Gasteiger partial charge on any atom is -0.543 e. The van der Waals surface area contributed by atoms with Crippen LogP contribution in [0.1, 0.15) is 105 Å². The molecule has 2 saturated carbocycles. The molecule has 0 saturated heterocycles. The number of rotatable bonds is 7. The molecule has 0 amide bonds. The zero-order valence-corrected chi connectivity index (χ0v) is 23.7. The highest BCUT2D eigenvalue weighted by Gasteiger charge is 2.55. The van der Waals surface area contributed by atoms with E-state index in [-0.39, 0.29) is 0 Å². The Kier molecular flexibility index (Phi) is 7.16. The molecule has 1 aromatic carbocycles. The molecule has 4 rings (SSSR count). The normalized spacial score (nSPS) is 32.6. The summed E-state index contributed by atoms with van der Waals surface area (Å²) in [7, 11) is -1.92. The van der Waals surface area contributed by atoms with Gasteiger partial charge in [0.2, 0.25) is 0 Å². The fourth-order valence-corrected chi connectivity index (χ4v) is 14.5. The van der Waals surface area contributed by atoms with Gasteiger partial charge in [-0.25, -0.2) is 0 Å². The van der Waals surface area contributed by atoms with E-state index in [2.05, 4.69) is 73.6 Å². The van der Waals surface area contributed by atoms with Crippen LogP contribution in [0.4, 0.5) is 0 Å². The Morgan fingerprint density at radius 3 is 2.24 bits per heavy atom. The lowest BCUT2D eigenvalue weighted by atomic mass is 9.53. The minimum absolute atomic E-state index is 0.348. The molecule has 33 heavy (non-hydrogen) atoms. The summed E-state index contributed by atoms with van der Waals surface area (Å²) in [6.45, 7) is 19.4. The lowest BCUT2D eigenvalue weighted by Gasteiger charge is -2.52. The molecule has 0 heterocycles. The van der Waals surface area contributed by atoms with Gasteiger partial charge in [-0.3, -0.25) is 0 Å². The van der Waals surface area contributed by atoms with E-state index in [4.69, 9.17) is 4.43 Å². The number of fused-ring (bicyclic) bond motifs is 5. The molecular formula is C30H50O2Si. The van der Waals surface area contributed by atoms with Gasteiger partial charge in [-0.05, 0) is 113 Å². The monoisotopic (exact) mass is 470 g/mol. The molecule has 2 fully saturated rings. The average Bonchev–Trinajstić information content (AvgIpc) is 3.13. The van der Waals surface area contributed by atoms with Crippen molar-refractivity contribution in [3.63, 3.8) is 0 Å². The molecule has 3 aliphatic rings. The molecule has 0 aliphatic heterocycles. The lowest BCUT2D eigenvalue weighted by molar-refractivity contribution is 0.00157. The molecule has 2 nitrogen and oxygen atoms in total. The second-order valence-electron chi connectivity index (χ2n) is 13.1. The van der Waals surface area contributed by atoms with Crippen molar-refractivity contribution in [2.24, 2.45) is 29.1 Å². The number of hydrogen-bond acceptors (Lipinski definition) is 2. The number of aryl methyl sites for hydroxylation is 1. The zero-order chi connectivity index (χ0) is 24.1.